The summed E-state index contributed by atoms with van der Waals surface area (Å²) < 4.78 is 38.9. The fourth-order valence-corrected chi connectivity index (χ4v) is 4.95. The van der Waals surface area contributed by atoms with Crippen molar-refractivity contribution >= 4 is 37.5 Å². The number of hydrogen-bond acceptors (Lipinski definition) is 5. The van der Waals surface area contributed by atoms with Crippen LogP contribution in [0.3, 0.4) is 0 Å². The number of hydrogen-bond donors (Lipinski definition) is 1. The molecule has 0 saturated carbocycles. The van der Waals surface area contributed by atoms with Crippen LogP contribution in [0.25, 0.3) is 0 Å². The molecule has 7 nitrogen and oxygen atoms in total. The third-order valence-corrected chi connectivity index (χ3v) is 7.71. The molecule has 3 rings (SSSR count). The summed E-state index contributed by atoms with van der Waals surface area (Å²) in [5.74, 6) is 0.406. The SMILES string of the molecule is COc1ccc(S(=O)(=O)N2CCOCC2)cc1CCC(=O)Nc1ccc(Br)c(C)c1. The van der Waals surface area contributed by atoms with Crippen molar-refractivity contribution < 1.29 is 22.7 Å². The number of anilines is 1. The van der Waals surface area contributed by atoms with E-state index in [1.54, 1.807) is 12.1 Å². The minimum atomic E-state index is -3.61. The number of aryl methyl sites for hydroxylation is 2. The highest BCUT2D eigenvalue weighted by Crippen LogP contribution is 2.26. The third-order valence-electron chi connectivity index (χ3n) is 4.92. The number of sulfonamides is 1. The molecule has 1 amide bonds. The van der Waals surface area contributed by atoms with Gasteiger partial charge in [0.1, 0.15) is 5.75 Å². The molecule has 1 aliphatic heterocycles. The molecule has 9 heteroatoms. The van der Waals surface area contributed by atoms with E-state index in [0.717, 1.165) is 15.7 Å². The van der Waals surface area contributed by atoms with Gasteiger partial charge in [-0.25, -0.2) is 8.42 Å². The molecule has 0 atom stereocenters. The molecule has 1 saturated heterocycles. The second-order valence-electron chi connectivity index (χ2n) is 7.00. The van der Waals surface area contributed by atoms with Gasteiger partial charge >= 0.3 is 0 Å². The van der Waals surface area contributed by atoms with Crippen molar-refractivity contribution in [1.29, 1.82) is 0 Å². The Kier molecular flexibility index (Phi) is 7.51. The number of nitrogens with zero attached hydrogens (tertiary/aromatic N) is 1. The molecule has 1 N–H and O–H groups in total. The monoisotopic (exact) mass is 496 g/mol. The zero-order valence-corrected chi connectivity index (χ0v) is 19.4. The van der Waals surface area contributed by atoms with E-state index >= 15 is 0 Å². The molecule has 1 fully saturated rings. The van der Waals surface area contributed by atoms with Crippen LogP contribution in [0.1, 0.15) is 17.5 Å². The minimum Gasteiger partial charge on any atom is -0.496 e. The van der Waals surface area contributed by atoms with Gasteiger partial charge in [0.05, 0.1) is 25.2 Å². The lowest BCUT2D eigenvalue weighted by molar-refractivity contribution is -0.116. The summed E-state index contributed by atoms with van der Waals surface area (Å²) in [5, 5.41) is 2.87. The summed E-state index contributed by atoms with van der Waals surface area (Å²) in [6.07, 6.45) is 0.559. The lowest BCUT2D eigenvalue weighted by atomic mass is 10.1. The number of carbonyl (C=O) groups is 1. The standard InChI is InChI=1S/C21H25BrN2O5S/c1-15-13-17(4-6-19(15)22)23-21(25)8-3-16-14-18(5-7-20(16)28-2)30(26,27)24-9-11-29-12-10-24/h4-7,13-14H,3,8-12H2,1-2H3,(H,23,25). The van der Waals surface area contributed by atoms with Crippen molar-refractivity contribution in [3.05, 3.63) is 52.0 Å². The second-order valence-corrected chi connectivity index (χ2v) is 9.79. The predicted octanol–water partition coefficient (Wildman–Crippen LogP) is 3.36. The van der Waals surface area contributed by atoms with Gasteiger partial charge in [0.2, 0.25) is 15.9 Å². The van der Waals surface area contributed by atoms with E-state index in [9.17, 15) is 13.2 Å². The summed E-state index contributed by atoms with van der Waals surface area (Å²) in [5.41, 5.74) is 2.42. The van der Waals surface area contributed by atoms with Crippen molar-refractivity contribution in [2.24, 2.45) is 0 Å². The highest BCUT2D eigenvalue weighted by molar-refractivity contribution is 9.10. The zero-order chi connectivity index (χ0) is 21.7. The molecule has 1 aliphatic rings. The first-order valence-corrected chi connectivity index (χ1v) is 11.9. The summed E-state index contributed by atoms with van der Waals surface area (Å²) in [4.78, 5) is 12.6. The Hall–Kier alpha value is -1.94. The summed E-state index contributed by atoms with van der Waals surface area (Å²) >= 11 is 3.44. The maximum atomic E-state index is 12.9. The van der Waals surface area contributed by atoms with E-state index in [4.69, 9.17) is 9.47 Å². The Balaban J connectivity index is 1.72. The number of halogens is 1. The molecule has 0 aliphatic carbocycles. The first-order valence-electron chi connectivity index (χ1n) is 9.62. The number of methoxy groups -OCH3 is 1. The first-order chi connectivity index (χ1) is 14.3. The van der Waals surface area contributed by atoms with E-state index < -0.39 is 10.0 Å². The smallest absolute Gasteiger partial charge is 0.243 e. The Bertz CT molecular complexity index is 1020. The lowest BCUT2D eigenvalue weighted by Gasteiger charge is -2.26. The van der Waals surface area contributed by atoms with Crippen LogP contribution in [-0.4, -0.2) is 52.0 Å². The van der Waals surface area contributed by atoms with Gasteiger partial charge in [0.25, 0.3) is 0 Å². The van der Waals surface area contributed by atoms with E-state index in [0.29, 0.717) is 44.0 Å². The molecule has 1 heterocycles. The maximum Gasteiger partial charge on any atom is 0.243 e. The maximum absolute atomic E-state index is 12.9. The predicted molar refractivity (Wildman–Crippen MR) is 118 cm³/mol. The van der Waals surface area contributed by atoms with E-state index in [1.165, 1.54) is 17.5 Å². The van der Waals surface area contributed by atoms with E-state index in [-0.39, 0.29) is 17.2 Å². The van der Waals surface area contributed by atoms with Crippen LogP contribution in [0.5, 0.6) is 5.75 Å². The van der Waals surface area contributed by atoms with Crippen LogP contribution in [0.4, 0.5) is 5.69 Å². The number of morpholine rings is 1. The van der Waals surface area contributed by atoms with Crippen LogP contribution >= 0.6 is 15.9 Å². The van der Waals surface area contributed by atoms with Gasteiger partial charge in [-0.2, -0.15) is 4.31 Å². The van der Waals surface area contributed by atoms with Gasteiger partial charge in [0.15, 0.2) is 0 Å². The fraction of sp³-hybridized carbons (Fsp3) is 0.381. The Morgan fingerprint density at radius 3 is 2.60 bits per heavy atom. The number of nitrogens with one attached hydrogen (secondary N) is 1. The largest absolute Gasteiger partial charge is 0.496 e. The average molecular weight is 497 g/mol. The van der Waals surface area contributed by atoms with Crippen molar-refractivity contribution in [1.82, 2.24) is 4.31 Å². The van der Waals surface area contributed by atoms with Crippen molar-refractivity contribution in [2.75, 3.05) is 38.7 Å². The normalized spacial score (nSPS) is 15.0. The van der Waals surface area contributed by atoms with Crippen LogP contribution in [-0.2, 0) is 26.0 Å². The highest BCUT2D eigenvalue weighted by Gasteiger charge is 2.27. The summed E-state index contributed by atoms with van der Waals surface area (Å²) in [6.45, 7) is 3.39. The van der Waals surface area contributed by atoms with Gasteiger partial charge in [-0.15, -0.1) is 0 Å². The molecule has 2 aromatic rings. The number of rotatable bonds is 7. The second kappa shape index (κ2) is 9.91. The number of ether oxygens (including phenoxy) is 2. The summed E-state index contributed by atoms with van der Waals surface area (Å²) in [7, 11) is -2.09. The molecular formula is C21H25BrN2O5S. The highest BCUT2D eigenvalue weighted by atomic mass is 79.9. The Labute approximate surface area is 185 Å². The zero-order valence-electron chi connectivity index (χ0n) is 17.0. The van der Waals surface area contributed by atoms with Gasteiger partial charge in [-0.1, -0.05) is 15.9 Å². The molecule has 30 heavy (non-hydrogen) atoms. The Morgan fingerprint density at radius 2 is 1.93 bits per heavy atom. The molecule has 0 unspecified atom stereocenters. The van der Waals surface area contributed by atoms with Crippen LogP contribution in [0.15, 0.2) is 45.8 Å². The van der Waals surface area contributed by atoms with Crippen molar-refractivity contribution in [3.8, 4) is 5.75 Å². The van der Waals surface area contributed by atoms with E-state index in [1.807, 2.05) is 25.1 Å². The number of amides is 1. The molecule has 0 bridgehead atoms. The van der Waals surface area contributed by atoms with Crippen LogP contribution in [0.2, 0.25) is 0 Å². The molecule has 0 radical (unpaired) electrons. The lowest BCUT2D eigenvalue weighted by Crippen LogP contribution is -2.40. The molecule has 2 aromatic carbocycles. The molecular weight excluding hydrogens is 472 g/mol. The Morgan fingerprint density at radius 1 is 1.20 bits per heavy atom. The number of benzene rings is 2. The average Bonchev–Trinajstić information content (AvgIpc) is 2.75. The van der Waals surface area contributed by atoms with Gasteiger partial charge in [-0.3, -0.25) is 4.79 Å². The topological polar surface area (TPSA) is 84.9 Å². The van der Waals surface area contributed by atoms with Gasteiger partial charge < -0.3 is 14.8 Å². The van der Waals surface area contributed by atoms with Crippen molar-refractivity contribution in [3.63, 3.8) is 0 Å². The molecule has 0 spiro atoms. The van der Waals surface area contributed by atoms with Gasteiger partial charge in [0, 0.05) is 29.7 Å². The van der Waals surface area contributed by atoms with Gasteiger partial charge in [-0.05, 0) is 60.9 Å². The summed E-state index contributed by atoms with van der Waals surface area (Å²) in [6, 6.07) is 10.4. The quantitative estimate of drug-likeness (QED) is 0.635. The minimum absolute atomic E-state index is 0.153. The third kappa shape index (κ3) is 5.40. The van der Waals surface area contributed by atoms with E-state index in [2.05, 4.69) is 21.2 Å². The van der Waals surface area contributed by atoms with Crippen LogP contribution in [0, 0.1) is 6.92 Å². The first kappa shape index (κ1) is 22.7. The molecule has 0 aromatic heterocycles. The van der Waals surface area contributed by atoms with Crippen molar-refractivity contribution in [2.45, 2.75) is 24.7 Å². The molecule has 162 valence electrons. The fourth-order valence-electron chi connectivity index (χ4n) is 3.24. The number of carbonyl (C=O) groups excluding carboxylic acids is 1. The van der Waals surface area contributed by atoms with Crippen LogP contribution < -0.4 is 10.1 Å².